The molecule has 2 aliphatic rings. The fraction of sp³-hybridized carbons (Fsp3) is 0.846. The van der Waals surface area contributed by atoms with E-state index in [0.717, 1.165) is 12.8 Å². The quantitative estimate of drug-likeness (QED) is 0.815. The minimum atomic E-state index is -0.901. The lowest BCUT2D eigenvalue weighted by Crippen LogP contribution is -2.65. The van der Waals surface area contributed by atoms with Crippen molar-refractivity contribution in [1.29, 1.82) is 0 Å². The van der Waals surface area contributed by atoms with E-state index in [1.807, 2.05) is 0 Å². The van der Waals surface area contributed by atoms with Gasteiger partial charge in [-0.1, -0.05) is 13.8 Å². The molecule has 0 atom stereocenters. The molecule has 1 N–H and O–H groups in total. The summed E-state index contributed by atoms with van der Waals surface area (Å²) in [5, 5.41) is 9.49. The summed E-state index contributed by atoms with van der Waals surface area (Å²) in [6.45, 7) is 5.73. The minimum absolute atomic E-state index is 0.0860. The van der Waals surface area contributed by atoms with Crippen LogP contribution in [0.2, 0.25) is 0 Å². The zero-order chi connectivity index (χ0) is 12.8. The van der Waals surface area contributed by atoms with Crippen molar-refractivity contribution < 1.29 is 14.7 Å². The molecule has 0 aliphatic heterocycles. The molecule has 0 aromatic carbocycles. The minimum Gasteiger partial charge on any atom is -0.479 e. The van der Waals surface area contributed by atoms with Gasteiger partial charge < -0.3 is 10.0 Å². The topological polar surface area (TPSA) is 57.6 Å². The maximum Gasteiger partial charge on any atom is 0.329 e. The smallest absolute Gasteiger partial charge is 0.329 e. The maximum atomic E-state index is 11.7. The Morgan fingerprint density at radius 2 is 1.82 bits per heavy atom. The number of hydrogen-bond acceptors (Lipinski definition) is 2. The van der Waals surface area contributed by atoms with Crippen molar-refractivity contribution in [3.63, 3.8) is 0 Å². The Hall–Kier alpha value is -1.06. The summed E-state index contributed by atoms with van der Waals surface area (Å²) < 4.78 is 0. The van der Waals surface area contributed by atoms with Crippen molar-refractivity contribution in [2.45, 2.75) is 58.0 Å². The first-order chi connectivity index (χ1) is 7.88. The van der Waals surface area contributed by atoms with Gasteiger partial charge in [0.05, 0.1) is 0 Å². The van der Waals surface area contributed by atoms with Crippen LogP contribution >= 0.6 is 0 Å². The van der Waals surface area contributed by atoms with Crippen molar-refractivity contribution >= 4 is 11.9 Å². The van der Waals surface area contributed by atoms with Gasteiger partial charge in [0.1, 0.15) is 5.54 Å². The van der Waals surface area contributed by atoms with Crippen LogP contribution in [0.1, 0.15) is 46.5 Å². The van der Waals surface area contributed by atoms with Crippen LogP contribution in [0.25, 0.3) is 0 Å². The largest absolute Gasteiger partial charge is 0.479 e. The zero-order valence-corrected chi connectivity index (χ0v) is 10.8. The van der Waals surface area contributed by atoms with Crippen LogP contribution in [0.15, 0.2) is 0 Å². The maximum absolute atomic E-state index is 11.7. The lowest BCUT2D eigenvalue weighted by molar-refractivity contribution is -0.172. The molecule has 0 spiro atoms. The summed E-state index contributed by atoms with van der Waals surface area (Å²) >= 11 is 0. The molecule has 0 unspecified atom stereocenters. The SMILES string of the molecule is CC(=O)N(C1CC1)C1(C(=O)O)CC(C(C)C)C1. The van der Waals surface area contributed by atoms with Crippen molar-refractivity contribution in [2.24, 2.45) is 11.8 Å². The Morgan fingerprint density at radius 3 is 2.12 bits per heavy atom. The molecule has 2 aliphatic carbocycles. The molecule has 0 heterocycles. The molecule has 0 aromatic rings. The summed E-state index contributed by atoms with van der Waals surface area (Å²) in [6.07, 6.45) is 3.16. The number of rotatable bonds is 4. The highest BCUT2D eigenvalue weighted by Gasteiger charge is 2.59. The molecule has 2 rings (SSSR count). The Balaban J connectivity index is 2.18. The zero-order valence-electron chi connectivity index (χ0n) is 10.8. The van der Waals surface area contributed by atoms with Crippen molar-refractivity contribution in [1.82, 2.24) is 4.90 Å². The van der Waals surface area contributed by atoms with Crippen LogP contribution in [-0.4, -0.2) is 33.5 Å². The summed E-state index contributed by atoms with van der Waals surface area (Å²) in [4.78, 5) is 24.9. The predicted molar refractivity (Wildman–Crippen MR) is 63.5 cm³/mol. The average molecular weight is 239 g/mol. The Morgan fingerprint density at radius 1 is 1.29 bits per heavy atom. The molecule has 0 aromatic heterocycles. The summed E-state index contributed by atoms with van der Waals surface area (Å²) in [5.41, 5.74) is -0.901. The van der Waals surface area contributed by atoms with Gasteiger partial charge in [0, 0.05) is 13.0 Å². The van der Waals surface area contributed by atoms with E-state index in [0.29, 0.717) is 24.7 Å². The monoisotopic (exact) mass is 239 g/mol. The summed E-state index contributed by atoms with van der Waals surface area (Å²) in [5.74, 6) is 0.0239. The third-order valence-electron chi connectivity index (χ3n) is 4.25. The van der Waals surface area contributed by atoms with Gasteiger partial charge in [-0.25, -0.2) is 4.79 Å². The van der Waals surface area contributed by atoms with Gasteiger partial charge in [0.25, 0.3) is 0 Å². The van der Waals surface area contributed by atoms with Crippen LogP contribution in [-0.2, 0) is 9.59 Å². The van der Waals surface area contributed by atoms with Gasteiger partial charge in [0.2, 0.25) is 5.91 Å². The second kappa shape index (κ2) is 4.00. The van der Waals surface area contributed by atoms with Crippen LogP contribution in [0, 0.1) is 11.8 Å². The first-order valence-corrected chi connectivity index (χ1v) is 6.42. The number of nitrogens with zero attached hydrogens (tertiary/aromatic N) is 1. The molecule has 2 fully saturated rings. The lowest BCUT2D eigenvalue weighted by Gasteiger charge is -2.52. The number of carboxylic acids is 1. The van der Waals surface area contributed by atoms with Gasteiger partial charge >= 0.3 is 5.97 Å². The van der Waals surface area contributed by atoms with Crippen LogP contribution in [0.3, 0.4) is 0 Å². The number of carbonyl (C=O) groups excluding carboxylic acids is 1. The van der Waals surface area contributed by atoms with Crippen molar-refractivity contribution in [3.8, 4) is 0 Å². The van der Waals surface area contributed by atoms with Crippen LogP contribution in [0.5, 0.6) is 0 Å². The van der Waals surface area contributed by atoms with Crippen LogP contribution < -0.4 is 0 Å². The van der Waals surface area contributed by atoms with Crippen molar-refractivity contribution in [2.75, 3.05) is 0 Å². The van der Waals surface area contributed by atoms with E-state index in [9.17, 15) is 14.7 Å². The first-order valence-electron chi connectivity index (χ1n) is 6.42. The van der Waals surface area contributed by atoms with E-state index in [1.165, 1.54) is 6.92 Å². The first kappa shape index (κ1) is 12.4. The molecular weight excluding hydrogens is 218 g/mol. The molecule has 4 nitrogen and oxygen atoms in total. The molecule has 17 heavy (non-hydrogen) atoms. The summed E-state index contributed by atoms with van der Waals surface area (Å²) in [7, 11) is 0. The molecule has 0 radical (unpaired) electrons. The lowest BCUT2D eigenvalue weighted by atomic mass is 9.63. The fourth-order valence-corrected chi connectivity index (χ4v) is 2.99. The molecule has 1 amide bonds. The normalized spacial score (nSPS) is 32.1. The van der Waals surface area contributed by atoms with E-state index in [1.54, 1.807) is 4.90 Å². The second-order valence-electron chi connectivity index (χ2n) is 5.87. The highest BCUT2D eigenvalue weighted by atomic mass is 16.4. The van der Waals surface area contributed by atoms with Gasteiger partial charge in [-0.05, 0) is 37.5 Å². The predicted octanol–water partition coefficient (Wildman–Crippen LogP) is 1.89. The number of carbonyl (C=O) groups is 2. The van der Waals surface area contributed by atoms with Crippen molar-refractivity contribution in [3.05, 3.63) is 0 Å². The van der Waals surface area contributed by atoms with E-state index >= 15 is 0 Å². The van der Waals surface area contributed by atoms with E-state index in [2.05, 4.69) is 13.8 Å². The Bertz CT molecular complexity index is 341. The van der Waals surface area contributed by atoms with E-state index in [4.69, 9.17) is 0 Å². The molecule has 0 bridgehead atoms. The van der Waals surface area contributed by atoms with E-state index < -0.39 is 11.5 Å². The number of aliphatic carboxylic acids is 1. The molecule has 96 valence electrons. The van der Waals surface area contributed by atoms with Crippen LogP contribution in [0.4, 0.5) is 0 Å². The number of hydrogen-bond donors (Lipinski definition) is 1. The molecule has 2 saturated carbocycles. The number of carboxylic acid groups (broad SMARTS) is 1. The average Bonchev–Trinajstić information content (AvgIpc) is 2.91. The summed E-state index contributed by atoms with van der Waals surface area (Å²) in [6, 6.07) is 0.178. The number of amides is 1. The molecular formula is C13H21NO3. The van der Waals surface area contributed by atoms with E-state index in [-0.39, 0.29) is 11.9 Å². The highest BCUT2D eigenvalue weighted by molar-refractivity contribution is 5.87. The second-order valence-corrected chi connectivity index (χ2v) is 5.87. The fourth-order valence-electron chi connectivity index (χ4n) is 2.99. The van der Waals surface area contributed by atoms with Gasteiger partial charge in [-0.15, -0.1) is 0 Å². The van der Waals surface area contributed by atoms with Gasteiger partial charge in [-0.3, -0.25) is 4.79 Å². The Labute approximate surface area is 102 Å². The third kappa shape index (κ3) is 1.94. The highest BCUT2D eigenvalue weighted by Crippen LogP contribution is 2.49. The Kier molecular flexibility index (Phi) is 2.92. The molecule has 4 heteroatoms. The third-order valence-corrected chi connectivity index (χ3v) is 4.25. The molecule has 0 saturated heterocycles. The van der Waals surface area contributed by atoms with Gasteiger partial charge in [-0.2, -0.15) is 0 Å². The standard InChI is InChI=1S/C13H21NO3/c1-8(2)10-6-13(7-10,12(16)17)14(9(3)15)11-4-5-11/h8,10-11H,4-7H2,1-3H3,(H,16,17). The van der Waals surface area contributed by atoms with Gasteiger partial charge in [0.15, 0.2) is 0 Å².